The molecule has 0 heterocycles. The van der Waals surface area contributed by atoms with Crippen molar-refractivity contribution in [2.75, 3.05) is 12.4 Å². The summed E-state index contributed by atoms with van der Waals surface area (Å²) in [5.41, 5.74) is 0.160. The SMILES string of the molecule is COc1ccc(NC(=O)C(C)OC(=O)/C=C/c2ccc(F)cc2)c([N+](=O)[O-])c1. The Hall–Kier alpha value is -3.75. The molecule has 1 N–H and O–H groups in total. The number of rotatable bonds is 7. The van der Waals surface area contributed by atoms with Crippen LogP contribution in [0.3, 0.4) is 0 Å². The maximum absolute atomic E-state index is 12.8. The van der Waals surface area contributed by atoms with E-state index in [0.717, 1.165) is 12.1 Å². The van der Waals surface area contributed by atoms with Gasteiger partial charge in [-0.2, -0.15) is 0 Å². The summed E-state index contributed by atoms with van der Waals surface area (Å²) >= 11 is 0. The first-order chi connectivity index (χ1) is 13.3. The number of anilines is 1. The Bertz CT molecular complexity index is 911. The average molecular weight is 388 g/mol. The van der Waals surface area contributed by atoms with Crippen molar-refractivity contribution in [3.05, 3.63) is 70.0 Å². The highest BCUT2D eigenvalue weighted by Gasteiger charge is 2.22. The standard InChI is InChI=1S/C19H17FN2O6/c1-12(28-18(23)10-5-13-3-6-14(20)7-4-13)19(24)21-16-9-8-15(27-2)11-17(16)22(25)26/h3-12H,1-2H3,(H,21,24)/b10-5+. The van der Waals surface area contributed by atoms with Gasteiger partial charge in [-0.15, -0.1) is 0 Å². The van der Waals surface area contributed by atoms with Crippen LogP contribution >= 0.6 is 0 Å². The van der Waals surface area contributed by atoms with Gasteiger partial charge in [-0.05, 0) is 42.8 Å². The topological polar surface area (TPSA) is 108 Å². The first kappa shape index (κ1) is 20.6. The number of carbonyl (C=O) groups is 2. The van der Waals surface area contributed by atoms with Crippen LogP contribution in [-0.2, 0) is 14.3 Å². The van der Waals surface area contributed by atoms with Crippen LogP contribution in [0.1, 0.15) is 12.5 Å². The van der Waals surface area contributed by atoms with Crippen molar-refractivity contribution in [2.45, 2.75) is 13.0 Å². The van der Waals surface area contributed by atoms with Crippen LogP contribution in [0.25, 0.3) is 6.08 Å². The number of ether oxygens (including phenoxy) is 2. The summed E-state index contributed by atoms with van der Waals surface area (Å²) in [4.78, 5) is 34.5. The van der Waals surface area contributed by atoms with E-state index in [1.807, 2.05) is 0 Å². The van der Waals surface area contributed by atoms with Crippen LogP contribution < -0.4 is 10.1 Å². The molecule has 0 spiro atoms. The summed E-state index contributed by atoms with van der Waals surface area (Å²) in [7, 11) is 1.36. The molecule has 0 aliphatic rings. The van der Waals surface area contributed by atoms with Crippen molar-refractivity contribution in [1.29, 1.82) is 0 Å². The fourth-order valence-electron chi connectivity index (χ4n) is 2.13. The second kappa shape index (κ2) is 9.26. The molecule has 2 aromatic rings. The Balaban J connectivity index is 2.00. The Labute approximate surface area is 159 Å². The predicted octanol–water partition coefficient (Wildman–Crippen LogP) is 3.33. The zero-order valence-corrected chi connectivity index (χ0v) is 15.0. The second-order valence-electron chi connectivity index (χ2n) is 5.59. The van der Waals surface area contributed by atoms with Crippen molar-refractivity contribution < 1.29 is 28.4 Å². The van der Waals surface area contributed by atoms with Crippen LogP contribution in [0.4, 0.5) is 15.8 Å². The van der Waals surface area contributed by atoms with E-state index in [1.54, 1.807) is 0 Å². The molecule has 28 heavy (non-hydrogen) atoms. The van der Waals surface area contributed by atoms with Gasteiger partial charge in [0.15, 0.2) is 6.10 Å². The second-order valence-corrected chi connectivity index (χ2v) is 5.59. The van der Waals surface area contributed by atoms with E-state index >= 15 is 0 Å². The first-order valence-corrected chi connectivity index (χ1v) is 8.07. The molecular weight excluding hydrogens is 371 g/mol. The van der Waals surface area contributed by atoms with Gasteiger partial charge >= 0.3 is 5.97 Å². The molecule has 146 valence electrons. The third-order valence-electron chi connectivity index (χ3n) is 3.60. The highest BCUT2D eigenvalue weighted by molar-refractivity contribution is 5.98. The third kappa shape index (κ3) is 5.63. The smallest absolute Gasteiger partial charge is 0.331 e. The fourth-order valence-corrected chi connectivity index (χ4v) is 2.13. The van der Waals surface area contributed by atoms with E-state index in [9.17, 15) is 24.1 Å². The van der Waals surface area contributed by atoms with Crippen molar-refractivity contribution in [3.8, 4) is 5.75 Å². The minimum absolute atomic E-state index is 0.0550. The predicted molar refractivity (Wildman–Crippen MR) is 99.3 cm³/mol. The Kier molecular flexibility index (Phi) is 6.80. The van der Waals surface area contributed by atoms with Crippen molar-refractivity contribution in [1.82, 2.24) is 0 Å². The number of carbonyl (C=O) groups excluding carboxylic acids is 2. The summed E-state index contributed by atoms with van der Waals surface area (Å²) < 4.78 is 22.7. The number of benzene rings is 2. The molecular formula is C19H17FN2O6. The number of nitro benzene ring substituents is 1. The number of nitro groups is 1. The molecule has 2 rings (SSSR count). The summed E-state index contributed by atoms with van der Waals surface area (Å²) in [5, 5.41) is 13.5. The lowest BCUT2D eigenvalue weighted by Crippen LogP contribution is -2.29. The van der Waals surface area contributed by atoms with Gasteiger partial charge in [0, 0.05) is 6.08 Å². The van der Waals surface area contributed by atoms with Crippen molar-refractivity contribution >= 4 is 29.3 Å². The molecule has 1 amide bonds. The van der Waals surface area contributed by atoms with Gasteiger partial charge in [-0.1, -0.05) is 12.1 Å². The molecule has 0 fully saturated rings. The summed E-state index contributed by atoms with van der Waals surface area (Å²) in [6.07, 6.45) is 1.29. The molecule has 0 aromatic heterocycles. The largest absolute Gasteiger partial charge is 0.496 e. The normalized spacial score (nSPS) is 11.7. The average Bonchev–Trinajstić information content (AvgIpc) is 2.67. The molecule has 1 unspecified atom stereocenters. The molecule has 0 saturated heterocycles. The number of amides is 1. The monoisotopic (exact) mass is 388 g/mol. The zero-order valence-electron chi connectivity index (χ0n) is 15.0. The number of nitrogens with zero attached hydrogens (tertiary/aromatic N) is 1. The summed E-state index contributed by atoms with van der Waals surface area (Å²) in [6.45, 7) is 1.33. The van der Waals surface area contributed by atoms with Crippen molar-refractivity contribution in [2.24, 2.45) is 0 Å². The van der Waals surface area contributed by atoms with Gasteiger partial charge in [0.2, 0.25) is 0 Å². The van der Waals surface area contributed by atoms with E-state index < -0.39 is 28.7 Å². The van der Waals surface area contributed by atoms with Crippen LogP contribution in [0, 0.1) is 15.9 Å². The van der Waals surface area contributed by atoms with Gasteiger partial charge in [0.25, 0.3) is 11.6 Å². The number of esters is 1. The van der Waals surface area contributed by atoms with Gasteiger partial charge in [-0.25, -0.2) is 9.18 Å². The van der Waals surface area contributed by atoms with E-state index in [1.165, 1.54) is 56.5 Å². The molecule has 0 aliphatic carbocycles. The number of hydrogen-bond acceptors (Lipinski definition) is 6. The van der Waals surface area contributed by atoms with Gasteiger partial charge < -0.3 is 14.8 Å². The lowest BCUT2D eigenvalue weighted by molar-refractivity contribution is -0.384. The maximum atomic E-state index is 12.8. The molecule has 8 nitrogen and oxygen atoms in total. The molecule has 2 aromatic carbocycles. The minimum atomic E-state index is -1.20. The molecule has 0 bridgehead atoms. The van der Waals surface area contributed by atoms with Crippen LogP contribution in [-0.4, -0.2) is 30.0 Å². The Morgan fingerprint density at radius 3 is 2.50 bits per heavy atom. The van der Waals surface area contributed by atoms with Gasteiger partial charge in [-0.3, -0.25) is 14.9 Å². The summed E-state index contributed by atoms with van der Waals surface area (Å²) in [5.74, 6) is -1.68. The molecule has 0 aliphatic heterocycles. The van der Waals surface area contributed by atoms with Crippen molar-refractivity contribution in [3.63, 3.8) is 0 Å². The van der Waals surface area contributed by atoms with E-state index in [4.69, 9.17) is 9.47 Å². The lowest BCUT2D eigenvalue weighted by atomic mass is 10.2. The van der Waals surface area contributed by atoms with E-state index in [-0.39, 0.29) is 17.1 Å². The van der Waals surface area contributed by atoms with Crippen LogP contribution in [0.5, 0.6) is 5.75 Å². The quantitative estimate of drug-likeness (QED) is 0.337. The third-order valence-corrected chi connectivity index (χ3v) is 3.60. The maximum Gasteiger partial charge on any atom is 0.331 e. The Morgan fingerprint density at radius 2 is 1.89 bits per heavy atom. The van der Waals surface area contributed by atoms with Gasteiger partial charge in [0.1, 0.15) is 17.3 Å². The highest BCUT2D eigenvalue weighted by atomic mass is 19.1. The molecule has 0 saturated carbocycles. The van der Waals surface area contributed by atoms with Crippen LogP contribution in [0.2, 0.25) is 0 Å². The molecule has 9 heteroatoms. The highest BCUT2D eigenvalue weighted by Crippen LogP contribution is 2.29. The first-order valence-electron chi connectivity index (χ1n) is 8.07. The number of nitrogens with one attached hydrogen (secondary N) is 1. The number of methoxy groups -OCH3 is 1. The zero-order chi connectivity index (χ0) is 20.7. The molecule has 0 radical (unpaired) electrons. The number of hydrogen-bond donors (Lipinski definition) is 1. The minimum Gasteiger partial charge on any atom is -0.496 e. The fraction of sp³-hybridized carbons (Fsp3) is 0.158. The van der Waals surface area contributed by atoms with E-state index in [0.29, 0.717) is 5.56 Å². The Morgan fingerprint density at radius 1 is 1.21 bits per heavy atom. The van der Waals surface area contributed by atoms with Gasteiger partial charge in [0.05, 0.1) is 18.1 Å². The summed E-state index contributed by atoms with van der Waals surface area (Å²) in [6, 6.07) is 9.35. The lowest BCUT2D eigenvalue weighted by Gasteiger charge is -2.13. The number of halogens is 1. The van der Waals surface area contributed by atoms with Crippen LogP contribution in [0.15, 0.2) is 48.5 Å². The van der Waals surface area contributed by atoms with E-state index in [2.05, 4.69) is 5.32 Å². The molecule has 1 atom stereocenters.